The summed E-state index contributed by atoms with van der Waals surface area (Å²) in [5.74, 6) is 1.49. The minimum atomic E-state index is -0.780. The van der Waals surface area contributed by atoms with Gasteiger partial charge in [-0.15, -0.1) is 0 Å². The minimum absolute atomic E-state index is 0.491. The first-order chi connectivity index (χ1) is 33.2. The molecule has 2 spiro atoms. The van der Waals surface area contributed by atoms with E-state index in [1.807, 2.05) is 6.07 Å². The van der Waals surface area contributed by atoms with Crippen LogP contribution in [-0.4, -0.2) is 11.7 Å². The van der Waals surface area contributed by atoms with Crippen molar-refractivity contribution in [1.82, 2.24) is 5.32 Å². The van der Waals surface area contributed by atoms with E-state index in [1.165, 1.54) is 66.8 Å². The summed E-state index contributed by atoms with van der Waals surface area (Å²) >= 11 is 0. The molecule has 4 heteroatoms. The minimum Gasteiger partial charge on any atom is -0.456 e. The molecule has 15 rings (SSSR count). The van der Waals surface area contributed by atoms with Crippen LogP contribution in [0.2, 0.25) is 0 Å². The van der Waals surface area contributed by atoms with E-state index in [-0.39, 0.29) is 0 Å². The van der Waals surface area contributed by atoms with Crippen molar-refractivity contribution in [2.75, 3.05) is 0 Å². The molecule has 0 bridgehead atoms. The normalized spacial score (nSPS) is 16.4. The number of hydrogen-bond acceptors (Lipinski definition) is 4. The molecule has 1 aromatic heterocycles. The van der Waals surface area contributed by atoms with Gasteiger partial charge in [0.2, 0.25) is 0 Å². The van der Waals surface area contributed by atoms with Gasteiger partial charge in [-0.25, -0.2) is 9.98 Å². The molecule has 312 valence electrons. The molecule has 11 aromatic rings. The van der Waals surface area contributed by atoms with Gasteiger partial charge in [0.1, 0.15) is 23.2 Å². The predicted octanol–water partition coefficient (Wildman–Crippen LogP) is 14.3. The summed E-state index contributed by atoms with van der Waals surface area (Å²) in [5, 5.41) is 8.50. The molecular weight excluding hydrogens is 815 g/mol. The number of amidine groups is 2. The molecular formula is C63H39N3O. The molecule has 1 aliphatic heterocycles. The number of hydrogen-bond donors (Lipinski definition) is 1. The third-order valence-electron chi connectivity index (χ3n) is 15.2. The highest BCUT2D eigenvalue weighted by Crippen LogP contribution is 2.68. The van der Waals surface area contributed by atoms with Crippen LogP contribution in [0, 0.1) is 0 Å². The SMILES string of the molecule is c1ccc(C2=NC(c3cccc4c3C3(c5cc6oc7ccccc7c6cc5-4)c4ccccc4C4(c5ccccc5-c5ccccc54)c4ccccc43)NC(c3cccc4ccccc34)=N2)cc1. The van der Waals surface area contributed by atoms with Gasteiger partial charge in [-0.05, 0) is 95.7 Å². The van der Waals surface area contributed by atoms with Gasteiger partial charge >= 0.3 is 0 Å². The Balaban J connectivity index is 1.07. The van der Waals surface area contributed by atoms with E-state index >= 15 is 0 Å². The Labute approximate surface area is 387 Å². The van der Waals surface area contributed by atoms with Crippen LogP contribution in [-0.2, 0) is 10.8 Å². The van der Waals surface area contributed by atoms with Gasteiger partial charge < -0.3 is 9.73 Å². The van der Waals surface area contributed by atoms with E-state index in [0.29, 0.717) is 5.84 Å². The van der Waals surface area contributed by atoms with Crippen molar-refractivity contribution in [3.05, 3.63) is 286 Å². The zero-order chi connectivity index (χ0) is 43.8. The van der Waals surface area contributed by atoms with E-state index in [4.69, 9.17) is 14.4 Å². The lowest BCUT2D eigenvalue weighted by Crippen LogP contribution is -2.44. The fourth-order valence-corrected chi connectivity index (χ4v) is 12.7. The van der Waals surface area contributed by atoms with Gasteiger partial charge in [0.25, 0.3) is 0 Å². The first-order valence-corrected chi connectivity index (χ1v) is 23.2. The number of aliphatic imine (C=N–C) groups is 2. The number of fused-ring (bicyclic) bond motifs is 20. The zero-order valence-electron chi connectivity index (χ0n) is 36.2. The smallest absolute Gasteiger partial charge is 0.159 e. The molecule has 0 saturated heterocycles. The lowest BCUT2D eigenvalue weighted by Gasteiger charge is -2.49. The third kappa shape index (κ3) is 4.71. The molecule has 4 nitrogen and oxygen atoms in total. The van der Waals surface area contributed by atoms with Crippen LogP contribution >= 0.6 is 0 Å². The van der Waals surface area contributed by atoms with Crippen molar-refractivity contribution >= 4 is 44.4 Å². The number of nitrogens with one attached hydrogen (secondary N) is 1. The standard InChI is InChI=1S/C63H39N3O/c1-2-19-39(20-3-1)59-64-60(45-27-16-21-38-18-4-5-22-40(38)45)66-61(65-59)46-28-17-26-44-47-36-48-43-25-8-15-35-56(43)67-57(48)37-55(47)63(58(44)46)53-33-13-11-31-51(53)62(52-32-12-14-34-54(52)63)49-29-9-6-23-41(49)42-24-7-10-30-50(42)62/h1-37,61H,(H,64,65,66). The maximum Gasteiger partial charge on any atom is 0.159 e. The van der Waals surface area contributed by atoms with E-state index in [2.05, 4.69) is 224 Å². The maximum absolute atomic E-state index is 6.83. The summed E-state index contributed by atoms with van der Waals surface area (Å²) in [7, 11) is 0. The third-order valence-corrected chi connectivity index (χ3v) is 15.2. The first-order valence-electron chi connectivity index (χ1n) is 23.2. The highest BCUT2D eigenvalue weighted by Gasteiger charge is 2.60. The molecule has 1 atom stereocenters. The van der Waals surface area contributed by atoms with Gasteiger partial charge in [0.15, 0.2) is 5.84 Å². The lowest BCUT2D eigenvalue weighted by atomic mass is 9.52. The number of benzene rings is 10. The van der Waals surface area contributed by atoms with Gasteiger partial charge in [0.05, 0.1) is 10.8 Å². The van der Waals surface area contributed by atoms with Crippen molar-refractivity contribution in [2.24, 2.45) is 9.98 Å². The summed E-state index contributed by atoms with van der Waals surface area (Å²) in [5.41, 5.74) is 18.6. The fraction of sp³-hybridized carbons (Fsp3) is 0.0476. The van der Waals surface area contributed by atoms with E-state index < -0.39 is 17.0 Å². The molecule has 0 amide bonds. The lowest BCUT2D eigenvalue weighted by molar-refractivity contribution is 0.607. The average Bonchev–Trinajstić information content (AvgIpc) is 4.02. The van der Waals surface area contributed by atoms with E-state index in [9.17, 15) is 0 Å². The summed E-state index contributed by atoms with van der Waals surface area (Å²) in [6.07, 6.45) is -0.491. The Morgan fingerprint density at radius 2 is 0.940 bits per heavy atom. The highest BCUT2D eigenvalue weighted by atomic mass is 16.3. The monoisotopic (exact) mass is 853 g/mol. The molecule has 10 aromatic carbocycles. The summed E-state index contributed by atoms with van der Waals surface area (Å²) in [6.45, 7) is 0. The molecule has 2 heterocycles. The Hall–Kier alpha value is -8.60. The average molecular weight is 854 g/mol. The topological polar surface area (TPSA) is 49.9 Å². The zero-order valence-corrected chi connectivity index (χ0v) is 36.2. The Morgan fingerprint density at radius 3 is 1.67 bits per heavy atom. The van der Waals surface area contributed by atoms with Gasteiger partial charge in [-0.3, -0.25) is 0 Å². The molecule has 0 radical (unpaired) electrons. The van der Waals surface area contributed by atoms with Crippen LogP contribution in [0.25, 0.3) is 55.0 Å². The van der Waals surface area contributed by atoms with E-state index in [1.54, 1.807) is 0 Å². The van der Waals surface area contributed by atoms with Crippen molar-refractivity contribution in [2.45, 2.75) is 17.0 Å². The maximum atomic E-state index is 6.83. The highest BCUT2D eigenvalue weighted by molar-refractivity contribution is 6.17. The largest absolute Gasteiger partial charge is 0.456 e. The van der Waals surface area contributed by atoms with Crippen LogP contribution in [0.1, 0.15) is 67.4 Å². The summed E-state index contributed by atoms with van der Waals surface area (Å²) < 4.78 is 6.83. The summed E-state index contributed by atoms with van der Waals surface area (Å²) in [6, 6.07) is 82.2. The Morgan fingerprint density at radius 1 is 0.388 bits per heavy atom. The van der Waals surface area contributed by atoms with Crippen molar-refractivity contribution in [1.29, 1.82) is 0 Å². The van der Waals surface area contributed by atoms with Crippen LogP contribution in [0.3, 0.4) is 0 Å². The molecule has 3 aliphatic carbocycles. The van der Waals surface area contributed by atoms with Gasteiger partial charge in [-0.1, -0.05) is 206 Å². The molecule has 0 fully saturated rings. The Kier molecular flexibility index (Phi) is 7.38. The second-order valence-corrected chi connectivity index (χ2v) is 18.3. The van der Waals surface area contributed by atoms with Crippen molar-refractivity contribution in [3.8, 4) is 22.3 Å². The van der Waals surface area contributed by atoms with Gasteiger partial charge in [-0.2, -0.15) is 0 Å². The predicted molar refractivity (Wildman–Crippen MR) is 271 cm³/mol. The van der Waals surface area contributed by atoms with Crippen LogP contribution < -0.4 is 5.32 Å². The van der Waals surface area contributed by atoms with Crippen molar-refractivity contribution < 1.29 is 4.42 Å². The van der Waals surface area contributed by atoms with Crippen molar-refractivity contribution in [3.63, 3.8) is 0 Å². The summed E-state index contributed by atoms with van der Waals surface area (Å²) in [4.78, 5) is 11.0. The second kappa shape index (κ2) is 13.5. The van der Waals surface area contributed by atoms with Crippen LogP contribution in [0.5, 0.6) is 0 Å². The molecule has 67 heavy (non-hydrogen) atoms. The molecule has 4 aliphatic rings. The number of nitrogens with zero attached hydrogens (tertiary/aromatic N) is 2. The van der Waals surface area contributed by atoms with E-state index in [0.717, 1.165) is 55.2 Å². The number of rotatable bonds is 3. The van der Waals surface area contributed by atoms with Crippen LogP contribution in [0.15, 0.2) is 239 Å². The van der Waals surface area contributed by atoms with Crippen LogP contribution in [0.4, 0.5) is 0 Å². The number of para-hydroxylation sites is 1. The molecule has 0 saturated carbocycles. The number of furan rings is 1. The quantitative estimate of drug-likeness (QED) is 0.192. The fourth-order valence-electron chi connectivity index (χ4n) is 12.7. The Bertz CT molecular complexity index is 3890. The first kappa shape index (κ1) is 36.7. The second-order valence-electron chi connectivity index (χ2n) is 18.3. The molecule has 1 unspecified atom stereocenters. The van der Waals surface area contributed by atoms with Gasteiger partial charge in [0, 0.05) is 27.5 Å². The molecule has 1 N–H and O–H groups in total.